The third kappa shape index (κ3) is 2.08. The van der Waals surface area contributed by atoms with Crippen molar-refractivity contribution in [3.05, 3.63) is 34.2 Å². The molecule has 17 heavy (non-hydrogen) atoms. The fourth-order valence-corrected chi connectivity index (χ4v) is 1.98. The number of pyridine rings is 1. The minimum Gasteiger partial charge on any atom is -0.384 e. The summed E-state index contributed by atoms with van der Waals surface area (Å²) >= 11 is 3.13. The predicted molar refractivity (Wildman–Crippen MR) is 68.3 cm³/mol. The van der Waals surface area contributed by atoms with E-state index in [1.54, 1.807) is 6.07 Å². The van der Waals surface area contributed by atoms with Crippen LogP contribution in [0.2, 0.25) is 0 Å². The fraction of sp³-hybridized carbons (Fsp3) is 0.167. The first-order valence-electron chi connectivity index (χ1n) is 5.09. The fourth-order valence-electron chi connectivity index (χ4n) is 1.64. The maximum atomic E-state index is 13.4. The number of aromatic nitrogens is 1. The van der Waals surface area contributed by atoms with E-state index in [1.807, 2.05) is 6.92 Å². The van der Waals surface area contributed by atoms with E-state index in [4.69, 9.17) is 5.26 Å². The van der Waals surface area contributed by atoms with Gasteiger partial charge in [0.15, 0.2) is 0 Å². The van der Waals surface area contributed by atoms with Gasteiger partial charge in [-0.25, -0.2) is 4.39 Å². The Labute approximate surface area is 106 Å². The van der Waals surface area contributed by atoms with Crippen LogP contribution in [0.25, 0.3) is 10.9 Å². The highest BCUT2D eigenvalue weighted by Gasteiger charge is 2.10. The van der Waals surface area contributed by atoms with Crippen LogP contribution >= 0.6 is 15.9 Å². The lowest BCUT2D eigenvalue weighted by Crippen LogP contribution is -2.01. The normalized spacial score (nSPS) is 10.2. The lowest BCUT2D eigenvalue weighted by Gasteiger charge is -2.10. The van der Waals surface area contributed by atoms with E-state index >= 15 is 0 Å². The molecule has 1 heterocycles. The molecule has 0 atom stereocenters. The van der Waals surface area contributed by atoms with Crippen molar-refractivity contribution in [2.24, 2.45) is 0 Å². The maximum Gasteiger partial charge on any atom is 0.139 e. The second kappa shape index (κ2) is 4.68. The van der Waals surface area contributed by atoms with Gasteiger partial charge in [0.2, 0.25) is 0 Å². The van der Waals surface area contributed by atoms with Crippen molar-refractivity contribution in [1.82, 2.24) is 4.98 Å². The predicted octanol–water partition coefficient (Wildman–Crippen LogP) is 3.44. The highest BCUT2D eigenvalue weighted by molar-refractivity contribution is 9.10. The van der Waals surface area contributed by atoms with Crippen molar-refractivity contribution >= 4 is 32.5 Å². The molecule has 0 aliphatic heterocycles. The van der Waals surface area contributed by atoms with E-state index in [9.17, 15) is 4.39 Å². The van der Waals surface area contributed by atoms with Gasteiger partial charge in [-0.2, -0.15) is 5.26 Å². The van der Waals surface area contributed by atoms with Crippen molar-refractivity contribution in [2.45, 2.75) is 6.92 Å². The highest BCUT2D eigenvalue weighted by atomic mass is 79.9. The topological polar surface area (TPSA) is 48.7 Å². The van der Waals surface area contributed by atoms with Crippen molar-refractivity contribution < 1.29 is 4.39 Å². The highest BCUT2D eigenvalue weighted by Crippen LogP contribution is 2.29. The molecule has 2 rings (SSSR count). The van der Waals surface area contributed by atoms with E-state index in [1.165, 1.54) is 12.3 Å². The molecule has 1 N–H and O–H groups in total. The van der Waals surface area contributed by atoms with Crippen LogP contribution in [-0.4, -0.2) is 11.5 Å². The van der Waals surface area contributed by atoms with E-state index < -0.39 is 0 Å². The summed E-state index contributed by atoms with van der Waals surface area (Å²) in [5, 5.41) is 12.9. The summed E-state index contributed by atoms with van der Waals surface area (Å²) in [6.07, 6.45) is 1.45. The lowest BCUT2D eigenvalue weighted by atomic mass is 10.1. The van der Waals surface area contributed by atoms with Crippen molar-refractivity contribution in [1.29, 1.82) is 5.26 Å². The van der Waals surface area contributed by atoms with Crippen LogP contribution in [0.3, 0.4) is 0 Å². The molecule has 1 aromatic carbocycles. The Kier molecular flexibility index (Phi) is 3.25. The van der Waals surface area contributed by atoms with Gasteiger partial charge in [-0.15, -0.1) is 0 Å². The van der Waals surface area contributed by atoms with Gasteiger partial charge < -0.3 is 5.32 Å². The zero-order valence-electron chi connectivity index (χ0n) is 9.09. The Morgan fingerprint density at radius 3 is 2.94 bits per heavy atom. The average molecular weight is 294 g/mol. The molecule has 0 unspecified atom stereocenters. The van der Waals surface area contributed by atoms with E-state index in [0.29, 0.717) is 27.8 Å². The first kappa shape index (κ1) is 11.8. The Balaban J connectivity index is 2.80. The number of hydrogen-bond donors (Lipinski definition) is 1. The smallest absolute Gasteiger partial charge is 0.139 e. The number of nitrogens with one attached hydrogen (secondary N) is 1. The van der Waals surface area contributed by atoms with Gasteiger partial charge in [0.25, 0.3) is 0 Å². The molecule has 0 aliphatic rings. The summed E-state index contributed by atoms with van der Waals surface area (Å²) in [6.45, 7) is 2.62. The number of nitriles is 1. The monoisotopic (exact) mass is 293 g/mol. The summed E-state index contributed by atoms with van der Waals surface area (Å²) in [7, 11) is 0. The average Bonchev–Trinajstić information content (AvgIpc) is 2.32. The van der Waals surface area contributed by atoms with E-state index in [-0.39, 0.29) is 5.82 Å². The minimum absolute atomic E-state index is 0.362. The zero-order valence-corrected chi connectivity index (χ0v) is 10.7. The van der Waals surface area contributed by atoms with Gasteiger partial charge in [-0.05, 0) is 28.9 Å². The third-order valence-corrected chi connectivity index (χ3v) is 2.99. The molecule has 0 aliphatic carbocycles. The molecule has 3 nitrogen and oxygen atoms in total. The molecule has 0 radical (unpaired) electrons. The van der Waals surface area contributed by atoms with Crippen LogP contribution in [0.15, 0.2) is 22.8 Å². The number of nitrogens with zero attached hydrogens (tertiary/aromatic N) is 2. The molecule has 0 amide bonds. The molecule has 2 aromatic rings. The summed E-state index contributed by atoms with van der Waals surface area (Å²) < 4.78 is 13.7. The molecule has 86 valence electrons. The Hall–Kier alpha value is -1.67. The first-order valence-corrected chi connectivity index (χ1v) is 5.88. The number of benzene rings is 1. The number of rotatable bonds is 2. The van der Waals surface area contributed by atoms with Gasteiger partial charge >= 0.3 is 0 Å². The summed E-state index contributed by atoms with van der Waals surface area (Å²) in [5.74, 6) is -0.364. The van der Waals surface area contributed by atoms with Crippen molar-refractivity contribution in [2.75, 3.05) is 11.9 Å². The van der Waals surface area contributed by atoms with Crippen molar-refractivity contribution in [3.8, 4) is 6.07 Å². The summed E-state index contributed by atoms with van der Waals surface area (Å²) in [6, 6.07) is 5.06. The largest absolute Gasteiger partial charge is 0.384 e. The Morgan fingerprint density at radius 1 is 1.53 bits per heavy atom. The lowest BCUT2D eigenvalue weighted by molar-refractivity contribution is 0.623. The van der Waals surface area contributed by atoms with Crippen LogP contribution in [0.1, 0.15) is 12.5 Å². The van der Waals surface area contributed by atoms with Gasteiger partial charge in [0.05, 0.1) is 21.2 Å². The standard InChI is InChI=1S/C12H9BrFN3/c1-2-16-12-7(5-15)6-17-11-4-10(14)9(13)3-8(11)12/h3-4,6H,2H2,1H3,(H,16,17). The molecule has 1 aromatic heterocycles. The quantitative estimate of drug-likeness (QED) is 0.923. The number of anilines is 1. The Bertz CT molecular complexity index is 619. The molecular formula is C12H9BrFN3. The molecule has 0 spiro atoms. The van der Waals surface area contributed by atoms with E-state index in [0.717, 1.165) is 5.39 Å². The SMILES string of the molecule is CCNc1c(C#N)cnc2cc(F)c(Br)cc12. The van der Waals surface area contributed by atoms with Crippen LogP contribution in [0, 0.1) is 17.1 Å². The minimum atomic E-state index is -0.364. The van der Waals surface area contributed by atoms with Gasteiger partial charge in [-0.1, -0.05) is 0 Å². The van der Waals surface area contributed by atoms with Gasteiger partial charge in [-0.3, -0.25) is 4.98 Å². The second-order valence-electron chi connectivity index (χ2n) is 3.47. The third-order valence-electron chi connectivity index (χ3n) is 2.38. The molecule has 0 fully saturated rings. The van der Waals surface area contributed by atoms with Crippen molar-refractivity contribution in [3.63, 3.8) is 0 Å². The van der Waals surface area contributed by atoms with Crippen LogP contribution in [0.4, 0.5) is 10.1 Å². The first-order chi connectivity index (χ1) is 8.17. The maximum absolute atomic E-state index is 13.4. The number of hydrogen-bond acceptors (Lipinski definition) is 3. The van der Waals surface area contributed by atoms with Gasteiger partial charge in [0, 0.05) is 24.2 Å². The van der Waals surface area contributed by atoms with E-state index in [2.05, 4.69) is 32.3 Å². The molecular weight excluding hydrogens is 285 g/mol. The number of fused-ring (bicyclic) bond motifs is 1. The number of halogens is 2. The van der Waals surface area contributed by atoms with Crippen LogP contribution in [-0.2, 0) is 0 Å². The van der Waals surface area contributed by atoms with Crippen LogP contribution < -0.4 is 5.32 Å². The second-order valence-corrected chi connectivity index (χ2v) is 4.33. The Morgan fingerprint density at radius 2 is 2.29 bits per heavy atom. The summed E-state index contributed by atoms with van der Waals surface area (Å²) in [5.41, 5.74) is 1.68. The summed E-state index contributed by atoms with van der Waals surface area (Å²) in [4.78, 5) is 4.07. The molecule has 0 saturated heterocycles. The van der Waals surface area contributed by atoms with Gasteiger partial charge in [0.1, 0.15) is 11.9 Å². The van der Waals surface area contributed by atoms with Crippen LogP contribution in [0.5, 0.6) is 0 Å². The molecule has 0 saturated carbocycles. The zero-order chi connectivity index (χ0) is 12.4. The molecule has 0 bridgehead atoms. The molecule has 5 heteroatoms.